The second-order valence-corrected chi connectivity index (χ2v) is 8.86. The van der Waals surface area contributed by atoms with Crippen LogP contribution in [-0.4, -0.2) is 59.0 Å². The van der Waals surface area contributed by atoms with Crippen LogP contribution in [-0.2, 0) is 11.3 Å². The average molecular weight is 475 g/mol. The molecule has 0 spiro atoms. The lowest BCUT2D eigenvalue weighted by Crippen LogP contribution is -2.36. The van der Waals surface area contributed by atoms with Gasteiger partial charge in [0.25, 0.3) is 5.91 Å². The van der Waals surface area contributed by atoms with E-state index >= 15 is 0 Å². The van der Waals surface area contributed by atoms with Gasteiger partial charge in [-0.2, -0.15) is 0 Å². The zero-order valence-electron chi connectivity index (χ0n) is 19.6. The fourth-order valence-corrected chi connectivity index (χ4v) is 4.38. The van der Waals surface area contributed by atoms with Gasteiger partial charge >= 0.3 is 0 Å². The van der Waals surface area contributed by atoms with Crippen molar-refractivity contribution >= 4 is 28.3 Å². The number of fused-ring (bicyclic) bond motifs is 1. The maximum Gasteiger partial charge on any atom is 0.251 e. The number of H-pyrrole nitrogens is 1. The molecule has 2 aromatic carbocycles. The predicted molar refractivity (Wildman–Crippen MR) is 133 cm³/mol. The summed E-state index contributed by atoms with van der Waals surface area (Å²) in [5, 5.41) is 7.29. The molecule has 8 nitrogen and oxygen atoms in total. The van der Waals surface area contributed by atoms with Crippen LogP contribution >= 0.6 is 0 Å². The second kappa shape index (κ2) is 9.81. The Hall–Kier alpha value is -3.82. The third-order valence-electron chi connectivity index (χ3n) is 6.15. The first-order valence-electron chi connectivity index (χ1n) is 11.5. The monoisotopic (exact) mass is 474 g/mol. The third-order valence-corrected chi connectivity index (χ3v) is 6.15. The van der Waals surface area contributed by atoms with E-state index in [2.05, 4.69) is 37.5 Å². The molecule has 0 bridgehead atoms. The largest absolute Gasteiger partial charge is 0.380 e. The Morgan fingerprint density at radius 3 is 2.91 bits per heavy atom. The smallest absolute Gasteiger partial charge is 0.251 e. The van der Waals surface area contributed by atoms with Crippen molar-refractivity contribution in [3.8, 4) is 11.4 Å². The molecule has 0 saturated carbocycles. The van der Waals surface area contributed by atoms with Crippen molar-refractivity contribution in [1.29, 1.82) is 0 Å². The predicted octanol–water partition coefficient (Wildman–Crippen LogP) is 4.09. The van der Waals surface area contributed by atoms with E-state index < -0.39 is 0 Å². The Morgan fingerprint density at radius 1 is 1.23 bits per heavy atom. The van der Waals surface area contributed by atoms with E-state index in [-0.39, 0.29) is 17.8 Å². The van der Waals surface area contributed by atoms with Gasteiger partial charge in [-0.3, -0.25) is 9.78 Å². The van der Waals surface area contributed by atoms with Crippen molar-refractivity contribution in [2.24, 2.45) is 0 Å². The first kappa shape index (κ1) is 22.9. The number of amides is 1. The fraction of sp³-hybridized carbons (Fsp3) is 0.269. The van der Waals surface area contributed by atoms with Gasteiger partial charge in [-0.15, -0.1) is 0 Å². The molecule has 4 aromatic rings. The summed E-state index contributed by atoms with van der Waals surface area (Å²) < 4.78 is 18.9. The number of nitrogens with zero attached hydrogens (tertiary/aromatic N) is 3. The maximum absolute atomic E-state index is 13.6. The van der Waals surface area contributed by atoms with E-state index in [1.807, 2.05) is 18.2 Å². The SMILES string of the molecule is COCc1cc(C(=O)NC2CCN(C)C2)ccc1Nc1cncc(-c2cc3ccc(F)cc3[nH]2)n1. The molecule has 1 atom stereocenters. The van der Waals surface area contributed by atoms with Gasteiger partial charge in [0.1, 0.15) is 17.3 Å². The maximum atomic E-state index is 13.6. The van der Waals surface area contributed by atoms with Crippen LogP contribution in [0.1, 0.15) is 22.3 Å². The normalized spacial score (nSPS) is 16.0. The molecular formula is C26H27FN6O2. The first-order chi connectivity index (χ1) is 17.0. The molecule has 0 radical (unpaired) electrons. The Morgan fingerprint density at radius 2 is 2.11 bits per heavy atom. The van der Waals surface area contributed by atoms with Crippen LogP contribution in [0.2, 0.25) is 0 Å². The summed E-state index contributed by atoms with van der Waals surface area (Å²) in [6.45, 7) is 2.17. The first-order valence-corrected chi connectivity index (χ1v) is 11.5. The molecule has 1 amide bonds. The van der Waals surface area contributed by atoms with E-state index in [1.165, 1.54) is 12.1 Å². The number of likely N-dealkylation sites (tertiary alicyclic amines) is 1. The van der Waals surface area contributed by atoms with Crippen molar-refractivity contribution in [3.63, 3.8) is 0 Å². The average Bonchev–Trinajstić information content (AvgIpc) is 3.46. The lowest BCUT2D eigenvalue weighted by molar-refractivity contribution is 0.0938. The van der Waals surface area contributed by atoms with E-state index in [4.69, 9.17) is 4.74 Å². The van der Waals surface area contributed by atoms with Crippen LogP contribution in [0, 0.1) is 5.82 Å². The summed E-state index contributed by atoms with van der Waals surface area (Å²) in [6, 6.07) is 12.2. The molecule has 35 heavy (non-hydrogen) atoms. The molecular weight excluding hydrogens is 447 g/mol. The Labute approximate surface area is 202 Å². The van der Waals surface area contributed by atoms with Crippen LogP contribution in [0.25, 0.3) is 22.3 Å². The van der Waals surface area contributed by atoms with Crippen LogP contribution < -0.4 is 10.6 Å². The van der Waals surface area contributed by atoms with Crippen LogP contribution in [0.5, 0.6) is 0 Å². The van der Waals surface area contributed by atoms with Gasteiger partial charge < -0.3 is 25.3 Å². The van der Waals surface area contributed by atoms with Crippen LogP contribution in [0.3, 0.4) is 0 Å². The Kier molecular flexibility index (Phi) is 6.43. The molecule has 9 heteroatoms. The number of aromatic nitrogens is 3. The quantitative estimate of drug-likeness (QED) is 0.374. The number of ether oxygens (including phenoxy) is 1. The number of benzene rings is 2. The topological polar surface area (TPSA) is 95.2 Å². The molecule has 3 heterocycles. The minimum Gasteiger partial charge on any atom is -0.380 e. The number of carbonyl (C=O) groups is 1. The summed E-state index contributed by atoms with van der Waals surface area (Å²) in [5.41, 5.74) is 4.25. The lowest BCUT2D eigenvalue weighted by Gasteiger charge is -2.15. The zero-order valence-corrected chi connectivity index (χ0v) is 19.6. The Balaban J connectivity index is 1.36. The van der Waals surface area contributed by atoms with E-state index in [0.717, 1.165) is 41.8 Å². The summed E-state index contributed by atoms with van der Waals surface area (Å²) in [6.07, 6.45) is 4.23. The second-order valence-electron chi connectivity index (χ2n) is 8.86. The van der Waals surface area contributed by atoms with Crippen molar-refractivity contribution in [2.45, 2.75) is 19.1 Å². The number of anilines is 2. The van der Waals surface area contributed by atoms with Gasteiger partial charge in [0, 0.05) is 47.4 Å². The summed E-state index contributed by atoms with van der Waals surface area (Å²) in [5.74, 6) is 0.146. The highest BCUT2D eigenvalue weighted by Crippen LogP contribution is 2.26. The number of carbonyl (C=O) groups excluding carboxylic acids is 1. The van der Waals surface area contributed by atoms with Gasteiger partial charge in [0.15, 0.2) is 0 Å². The fourth-order valence-electron chi connectivity index (χ4n) is 4.38. The highest BCUT2D eigenvalue weighted by atomic mass is 19.1. The van der Waals surface area contributed by atoms with Gasteiger partial charge in [-0.25, -0.2) is 9.37 Å². The number of rotatable bonds is 7. The Bertz CT molecular complexity index is 1370. The van der Waals surface area contributed by atoms with E-state index in [1.54, 1.807) is 31.6 Å². The van der Waals surface area contributed by atoms with Crippen LogP contribution in [0.4, 0.5) is 15.9 Å². The highest BCUT2D eigenvalue weighted by molar-refractivity contribution is 5.95. The summed E-state index contributed by atoms with van der Waals surface area (Å²) in [7, 11) is 3.67. The molecule has 5 rings (SSSR count). The van der Waals surface area contributed by atoms with E-state index in [9.17, 15) is 9.18 Å². The standard InChI is InChI=1S/C26H27FN6O2/c1-33-8-7-20(14-33)29-26(34)17-4-6-21(18(9-17)15-35-2)31-25-13-28-12-24(32-25)23-10-16-3-5-19(27)11-22(16)30-23/h3-6,9-13,20,30H,7-8,14-15H2,1-2H3,(H,29,34)(H,31,32). The van der Waals surface area contributed by atoms with Gasteiger partial charge in [0.2, 0.25) is 0 Å². The molecule has 1 unspecified atom stereocenters. The van der Waals surface area contributed by atoms with Gasteiger partial charge in [-0.05, 0) is 62.5 Å². The lowest BCUT2D eigenvalue weighted by atomic mass is 10.1. The van der Waals surface area contributed by atoms with Gasteiger partial charge in [0.05, 0.1) is 24.7 Å². The minimum atomic E-state index is -0.300. The molecule has 2 aromatic heterocycles. The van der Waals surface area contributed by atoms with Crippen molar-refractivity contribution in [3.05, 3.63) is 71.8 Å². The minimum absolute atomic E-state index is 0.0914. The highest BCUT2D eigenvalue weighted by Gasteiger charge is 2.22. The summed E-state index contributed by atoms with van der Waals surface area (Å²) in [4.78, 5) is 27.2. The zero-order chi connectivity index (χ0) is 24.4. The summed E-state index contributed by atoms with van der Waals surface area (Å²) >= 11 is 0. The van der Waals surface area contributed by atoms with Gasteiger partial charge in [-0.1, -0.05) is 0 Å². The molecule has 1 aliphatic rings. The number of hydrogen-bond acceptors (Lipinski definition) is 6. The number of aromatic amines is 1. The van der Waals surface area contributed by atoms with Crippen molar-refractivity contribution < 1.29 is 13.9 Å². The van der Waals surface area contributed by atoms with Crippen molar-refractivity contribution in [2.75, 3.05) is 32.6 Å². The molecule has 1 aliphatic heterocycles. The number of hydrogen-bond donors (Lipinski definition) is 3. The molecule has 180 valence electrons. The number of methoxy groups -OCH3 is 1. The molecule has 1 saturated heterocycles. The number of nitrogens with one attached hydrogen (secondary N) is 3. The number of halogens is 1. The van der Waals surface area contributed by atoms with E-state index in [0.29, 0.717) is 29.2 Å². The van der Waals surface area contributed by atoms with Crippen molar-refractivity contribution in [1.82, 2.24) is 25.2 Å². The third kappa shape index (κ3) is 5.16. The molecule has 0 aliphatic carbocycles. The number of likely N-dealkylation sites (N-methyl/N-ethyl adjacent to an activating group) is 1. The molecule has 1 fully saturated rings. The molecule has 3 N–H and O–H groups in total. The van der Waals surface area contributed by atoms with Crippen LogP contribution in [0.15, 0.2) is 54.9 Å².